The van der Waals surface area contributed by atoms with Crippen LogP contribution in [0.25, 0.3) is 0 Å². The van der Waals surface area contributed by atoms with Gasteiger partial charge in [-0.1, -0.05) is 23.7 Å². The molecule has 0 aromatic heterocycles. The van der Waals surface area contributed by atoms with E-state index >= 15 is 0 Å². The minimum absolute atomic E-state index is 0.274. The first-order valence-electron chi connectivity index (χ1n) is 6.25. The average Bonchev–Trinajstić information content (AvgIpc) is 2.32. The first kappa shape index (κ1) is 13.9. The molecule has 1 aromatic carbocycles. The van der Waals surface area contributed by atoms with Gasteiger partial charge in [-0.2, -0.15) is 0 Å². The van der Waals surface area contributed by atoms with Crippen molar-refractivity contribution in [2.45, 2.75) is 37.6 Å². The molecule has 5 heteroatoms. The molecular weight excluding hydrogens is 266 g/mol. The third kappa shape index (κ3) is 2.73. The molecule has 0 radical (unpaired) electrons. The van der Waals surface area contributed by atoms with Crippen LogP contribution >= 0.6 is 11.6 Å². The number of amides is 1. The number of rotatable bonds is 4. The number of hydrogen-bond donors (Lipinski definition) is 2. The maximum absolute atomic E-state index is 12.2. The Bertz CT molecular complexity index is 511. The van der Waals surface area contributed by atoms with Crippen molar-refractivity contribution in [1.82, 2.24) is 5.32 Å². The summed E-state index contributed by atoms with van der Waals surface area (Å²) in [7, 11) is 0. The first-order chi connectivity index (χ1) is 8.94. The number of benzene rings is 1. The zero-order valence-electron chi connectivity index (χ0n) is 10.6. The van der Waals surface area contributed by atoms with Gasteiger partial charge in [0, 0.05) is 5.02 Å². The first-order valence-corrected chi connectivity index (χ1v) is 6.63. The van der Waals surface area contributed by atoms with Crippen LogP contribution in [0.4, 0.5) is 0 Å². The number of carboxylic acid groups (broad SMARTS) is 1. The summed E-state index contributed by atoms with van der Waals surface area (Å²) in [5, 5.41) is 12.4. The molecule has 1 saturated carbocycles. The van der Waals surface area contributed by atoms with Crippen molar-refractivity contribution in [3.05, 3.63) is 34.9 Å². The average molecular weight is 282 g/mol. The molecule has 0 saturated heterocycles. The molecule has 0 spiro atoms. The van der Waals surface area contributed by atoms with Gasteiger partial charge in [0.15, 0.2) is 0 Å². The van der Waals surface area contributed by atoms with Crippen LogP contribution in [0.1, 0.15) is 37.7 Å². The number of aliphatic carboxylic acids is 1. The summed E-state index contributed by atoms with van der Waals surface area (Å²) in [4.78, 5) is 23.4. The van der Waals surface area contributed by atoms with E-state index in [2.05, 4.69) is 5.32 Å². The molecule has 102 valence electrons. The van der Waals surface area contributed by atoms with Crippen molar-refractivity contribution in [2.75, 3.05) is 0 Å². The summed E-state index contributed by atoms with van der Waals surface area (Å²) < 4.78 is 0. The molecule has 0 aliphatic heterocycles. The lowest BCUT2D eigenvalue weighted by molar-refractivity contribution is -0.152. The minimum atomic E-state index is -1.07. The molecule has 1 aliphatic carbocycles. The number of carbonyl (C=O) groups is 2. The van der Waals surface area contributed by atoms with E-state index in [0.29, 0.717) is 17.9 Å². The highest BCUT2D eigenvalue weighted by Gasteiger charge is 2.46. The molecule has 0 heterocycles. The van der Waals surface area contributed by atoms with Crippen molar-refractivity contribution in [2.24, 2.45) is 0 Å². The van der Waals surface area contributed by atoms with Gasteiger partial charge in [-0.25, -0.2) is 4.79 Å². The van der Waals surface area contributed by atoms with Crippen LogP contribution in [0.15, 0.2) is 24.3 Å². The highest BCUT2D eigenvalue weighted by Crippen LogP contribution is 2.33. The van der Waals surface area contributed by atoms with Gasteiger partial charge >= 0.3 is 5.97 Å². The molecule has 1 unspecified atom stereocenters. The van der Waals surface area contributed by atoms with Crippen molar-refractivity contribution < 1.29 is 14.7 Å². The lowest BCUT2D eigenvalue weighted by Gasteiger charge is -2.38. The predicted octanol–water partition coefficient (Wildman–Crippen LogP) is 2.57. The Balaban J connectivity index is 2.10. The Labute approximate surface area is 116 Å². The molecule has 1 aromatic rings. The normalized spacial score (nSPS) is 18.2. The second-order valence-electron chi connectivity index (χ2n) is 5.01. The fourth-order valence-corrected chi connectivity index (χ4v) is 2.39. The molecule has 0 bridgehead atoms. The van der Waals surface area contributed by atoms with Gasteiger partial charge in [-0.05, 0) is 43.9 Å². The molecule has 4 nitrogen and oxygen atoms in total. The fraction of sp³-hybridized carbons (Fsp3) is 0.429. The number of nitrogens with one attached hydrogen (secondary N) is 1. The van der Waals surface area contributed by atoms with Crippen molar-refractivity contribution in [3.63, 3.8) is 0 Å². The zero-order chi connectivity index (χ0) is 14.0. The van der Waals surface area contributed by atoms with Crippen molar-refractivity contribution >= 4 is 23.5 Å². The summed E-state index contributed by atoms with van der Waals surface area (Å²) >= 11 is 5.89. The monoisotopic (exact) mass is 281 g/mol. The number of carboxylic acids is 1. The van der Waals surface area contributed by atoms with E-state index in [1.54, 1.807) is 25.1 Å². The Morgan fingerprint density at radius 1 is 1.42 bits per heavy atom. The van der Waals surface area contributed by atoms with E-state index in [-0.39, 0.29) is 5.91 Å². The lowest BCUT2D eigenvalue weighted by atomic mass is 9.76. The van der Waals surface area contributed by atoms with E-state index in [1.165, 1.54) is 0 Å². The van der Waals surface area contributed by atoms with Crippen LogP contribution in [-0.4, -0.2) is 22.5 Å². The van der Waals surface area contributed by atoms with Crippen molar-refractivity contribution in [3.8, 4) is 0 Å². The van der Waals surface area contributed by atoms with E-state index in [4.69, 9.17) is 11.6 Å². The third-order valence-electron chi connectivity index (χ3n) is 3.72. The Hall–Kier alpha value is -1.55. The lowest BCUT2D eigenvalue weighted by Crippen LogP contribution is -2.59. The Morgan fingerprint density at radius 2 is 2.11 bits per heavy atom. The summed E-state index contributed by atoms with van der Waals surface area (Å²) in [6.45, 7) is 1.75. The Kier molecular flexibility index (Phi) is 3.80. The summed E-state index contributed by atoms with van der Waals surface area (Å²) in [5.74, 6) is -1.65. The zero-order valence-corrected chi connectivity index (χ0v) is 11.4. The smallest absolute Gasteiger partial charge is 0.329 e. The molecular formula is C14H16ClNO3. The molecule has 1 fully saturated rings. The van der Waals surface area contributed by atoms with Gasteiger partial charge in [0.2, 0.25) is 5.91 Å². The van der Waals surface area contributed by atoms with E-state index < -0.39 is 17.4 Å². The van der Waals surface area contributed by atoms with Crippen LogP contribution in [0.5, 0.6) is 0 Å². The largest absolute Gasteiger partial charge is 0.480 e. The van der Waals surface area contributed by atoms with Crippen LogP contribution in [0.3, 0.4) is 0 Å². The predicted molar refractivity (Wildman–Crippen MR) is 72.2 cm³/mol. The molecule has 1 aliphatic rings. The van der Waals surface area contributed by atoms with E-state index in [1.807, 2.05) is 6.07 Å². The third-order valence-corrected chi connectivity index (χ3v) is 3.96. The highest BCUT2D eigenvalue weighted by atomic mass is 35.5. The second-order valence-corrected chi connectivity index (χ2v) is 5.44. The molecule has 1 atom stereocenters. The number of halogens is 1. The minimum Gasteiger partial charge on any atom is -0.480 e. The van der Waals surface area contributed by atoms with E-state index in [9.17, 15) is 14.7 Å². The number of hydrogen-bond acceptors (Lipinski definition) is 2. The molecule has 2 rings (SSSR count). The van der Waals surface area contributed by atoms with Crippen LogP contribution in [0, 0.1) is 0 Å². The molecule has 1 amide bonds. The van der Waals surface area contributed by atoms with Gasteiger partial charge in [0.1, 0.15) is 5.54 Å². The van der Waals surface area contributed by atoms with Crippen LogP contribution < -0.4 is 5.32 Å². The fourth-order valence-electron chi connectivity index (χ4n) is 2.19. The molecule has 2 N–H and O–H groups in total. The number of carbonyl (C=O) groups excluding carboxylic acids is 1. The standard InChI is InChI=1S/C14H16ClNO3/c1-9(10-4-2-5-11(15)8-10)12(17)16-14(13(18)19)6-3-7-14/h2,4-5,8-9H,3,6-7H2,1H3,(H,16,17)(H,18,19). The van der Waals surface area contributed by atoms with Gasteiger partial charge in [-0.15, -0.1) is 0 Å². The van der Waals surface area contributed by atoms with Gasteiger partial charge in [0.05, 0.1) is 5.92 Å². The quantitative estimate of drug-likeness (QED) is 0.891. The van der Waals surface area contributed by atoms with Gasteiger partial charge in [-0.3, -0.25) is 4.79 Å². The summed E-state index contributed by atoms with van der Waals surface area (Å²) in [5.41, 5.74) is -0.283. The topological polar surface area (TPSA) is 66.4 Å². The van der Waals surface area contributed by atoms with Gasteiger partial charge < -0.3 is 10.4 Å². The molecule has 19 heavy (non-hydrogen) atoms. The van der Waals surface area contributed by atoms with Crippen molar-refractivity contribution in [1.29, 1.82) is 0 Å². The SMILES string of the molecule is CC(C(=O)NC1(C(=O)O)CCC1)c1cccc(Cl)c1. The Morgan fingerprint density at radius 3 is 2.58 bits per heavy atom. The van der Waals surface area contributed by atoms with Gasteiger partial charge in [0.25, 0.3) is 0 Å². The summed E-state index contributed by atoms with van der Waals surface area (Å²) in [6.07, 6.45) is 1.82. The van der Waals surface area contributed by atoms with Crippen LogP contribution in [-0.2, 0) is 9.59 Å². The second kappa shape index (κ2) is 5.21. The summed E-state index contributed by atoms with van der Waals surface area (Å²) in [6, 6.07) is 7.04. The maximum atomic E-state index is 12.2. The van der Waals surface area contributed by atoms with Crippen LogP contribution in [0.2, 0.25) is 5.02 Å². The highest BCUT2D eigenvalue weighted by molar-refractivity contribution is 6.30. The van der Waals surface area contributed by atoms with E-state index in [0.717, 1.165) is 12.0 Å². The maximum Gasteiger partial charge on any atom is 0.329 e.